The Labute approximate surface area is 187 Å². The number of carboxylic acids is 1. The van der Waals surface area contributed by atoms with Crippen molar-refractivity contribution in [2.45, 2.75) is 21.5 Å². The number of hydrogen-bond donors (Lipinski definition) is 3. The number of carbonyl (C=O) groups excluding carboxylic acids is 3. The van der Waals surface area contributed by atoms with Gasteiger partial charge in [-0.25, -0.2) is 23.3 Å². The molecule has 0 bridgehead atoms. The molecule has 4 N–H and O–H groups in total. The van der Waals surface area contributed by atoms with Crippen LogP contribution in [0.1, 0.15) is 6.42 Å². The molecule has 0 aromatic heterocycles. The van der Waals surface area contributed by atoms with E-state index in [0.717, 1.165) is 17.1 Å². The van der Waals surface area contributed by atoms with Crippen LogP contribution >= 0.6 is 11.8 Å². The fourth-order valence-corrected chi connectivity index (χ4v) is 4.43. The Bertz CT molecular complexity index is 1210. The lowest BCUT2D eigenvalue weighted by molar-refractivity contribution is -0.131. The molecule has 0 radical (unpaired) electrons. The van der Waals surface area contributed by atoms with Crippen molar-refractivity contribution in [3.05, 3.63) is 60.7 Å². The summed E-state index contributed by atoms with van der Waals surface area (Å²) in [7, 11) is -3.89. The highest BCUT2D eigenvalue weighted by atomic mass is 32.2. The van der Waals surface area contributed by atoms with Crippen molar-refractivity contribution in [1.82, 2.24) is 0 Å². The van der Waals surface area contributed by atoms with Crippen LogP contribution < -0.4 is 15.4 Å². The van der Waals surface area contributed by atoms with Crippen LogP contribution in [0.15, 0.2) is 70.5 Å². The minimum absolute atomic E-state index is 0.0289. The Morgan fingerprint density at radius 2 is 1.69 bits per heavy atom. The number of sulfonamides is 1. The molecule has 32 heavy (non-hydrogen) atoms. The Hall–Kier alpha value is -3.48. The van der Waals surface area contributed by atoms with E-state index >= 15 is 0 Å². The van der Waals surface area contributed by atoms with Crippen molar-refractivity contribution in [3.8, 4) is 0 Å². The van der Waals surface area contributed by atoms with Crippen LogP contribution in [0.5, 0.6) is 0 Å². The number of thioether (sulfide) groups is 1. The van der Waals surface area contributed by atoms with Gasteiger partial charge < -0.3 is 10.4 Å². The zero-order valence-electron chi connectivity index (χ0n) is 16.3. The monoisotopic (exact) mass is 475 g/mol. The third kappa shape index (κ3) is 5.60. The summed E-state index contributed by atoms with van der Waals surface area (Å²) in [6.07, 6.45) is 1.58. The van der Waals surface area contributed by atoms with Gasteiger partial charge >= 0.3 is 5.97 Å². The van der Waals surface area contributed by atoms with Crippen LogP contribution in [0, 0.1) is 0 Å². The first-order valence-corrected chi connectivity index (χ1v) is 11.5. The molecule has 3 rings (SSSR count). The zero-order chi connectivity index (χ0) is 23.5. The summed E-state index contributed by atoms with van der Waals surface area (Å²) in [5.74, 6) is -2.69. The van der Waals surface area contributed by atoms with Gasteiger partial charge in [0, 0.05) is 29.2 Å². The Morgan fingerprint density at radius 3 is 2.25 bits per heavy atom. The van der Waals surface area contributed by atoms with Crippen molar-refractivity contribution in [2.75, 3.05) is 10.2 Å². The van der Waals surface area contributed by atoms with Gasteiger partial charge in [-0.2, -0.15) is 0 Å². The summed E-state index contributed by atoms with van der Waals surface area (Å²) in [5, 5.41) is 15.4. The number of carbonyl (C=O) groups is 4. The van der Waals surface area contributed by atoms with Crippen molar-refractivity contribution < 1.29 is 32.7 Å². The zero-order valence-corrected chi connectivity index (χ0v) is 17.9. The second kappa shape index (κ2) is 9.34. The average molecular weight is 476 g/mol. The summed E-state index contributed by atoms with van der Waals surface area (Å²) in [6.45, 7) is 0. The van der Waals surface area contributed by atoms with Gasteiger partial charge in [0.25, 0.3) is 0 Å². The van der Waals surface area contributed by atoms with E-state index in [1.807, 2.05) is 0 Å². The van der Waals surface area contributed by atoms with Gasteiger partial charge in [-0.15, -0.1) is 11.8 Å². The van der Waals surface area contributed by atoms with Gasteiger partial charge in [0.05, 0.1) is 15.8 Å². The predicted molar refractivity (Wildman–Crippen MR) is 116 cm³/mol. The molecular formula is C20H17N3O7S2. The number of carboxylic acid groups (broad SMARTS) is 1. The predicted octanol–water partition coefficient (Wildman–Crippen LogP) is 1.34. The van der Waals surface area contributed by atoms with Gasteiger partial charge in [-0.3, -0.25) is 14.4 Å². The molecule has 10 nitrogen and oxygen atoms in total. The summed E-state index contributed by atoms with van der Waals surface area (Å²) in [4.78, 5) is 48.8. The Balaban J connectivity index is 1.66. The minimum Gasteiger partial charge on any atom is -0.478 e. The van der Waals surface area contributed by atoms with Crippen LogP contribution in [0.3, 0.4) is 0 Å². The number of rotatable bonds is 7. The van der Waals surface area contributed by atoms with E-state index in [4.69, 9.17) is 10.2 Å². The minimum atomic E-state index is -3.89. The van der Waals surface area contributed by atoms with Gasteiger partial charge in [0.1, 0.15) is 0 Å². The van der Waals surface area contributed by atoms with E-state index in [2.05, 4.69) is 5.32 Å². The molecule has 0 aliphatic carbocycles. The largest absolute Gasteiger partial charge is 0.478 e. The smallest absolute Gasteiger partial charge is 0.328 e. The molecule has 1 saturated heterocycles. The molecule has 2 aromatic carbocycles. The summed E-state index contributed by atoms with van der Waals surface area (Å²) < 4.78 is 22.7. The highest BCUT2D eigenvalue weighted by Crippen LogP contribution is 2.34. The number of benzene rings is 2. The van der Waals surface area contributed by atoms with E-state index in [-0.39, 0.29) is 17.0 Å². The summed E-state index contributed by atoms with van der Waals surface area (Å²) in [5.41, 5.74) is 0.683. The molecule has 0 spiro atoms. The first-order valence-electron chi connectivity index (χ1n) is 9.03. The number of primary sulfonamides is 1. The second-order valence-electron chi connectivity index (χ2n) is 6.60. The lowest BCUT2D eigenvalue weighted by atomic mass is 10.3. The third-order valence-corrected chi connectivity index (χ3v) is 6.43. The molecule has 3 amide bonds. The van der Waals surface area contributed by atoms with E-state index in [1.165, 1.54) is 36.0 Å². The normalized spacial score (nSPS) is 16.5. The lowest BCUT2D eigenvalue weighted by Gasteiger charge is -2.15. The highest BCUT2D eigenvalue weighted by Gasteiger charge is 2.40. The maximum Gasteiger partial charge on any atom is 0.328 e. The number of nitrogens with one attached hydrogen (secondary N) is 1. The molecular weight excluding hydrogens is 458 g/mol. The number of imide groups is 1. The number of hydrogen-bond acceptors (Lipinski definition) is 7. The van der Waals surface area contributed by atoms with Crippen molar-refractivity contribution in [3.63, 3.8) is 0 Å². The van der Waals surface area contributed by atoms with Crippen LogP contribution in [0.4, 0.5) is 11.4 Å². The molecule has 166 valence electrons. The molecule has 0 saturated carbocycles. The highest BCUT2D eigenvalue weighted by molar-refractivity contribution is 8.00. The summed E-state index contributed by atoms with van der Waals surface area (Å²) >= 11 is 1.18. The topological polar surface area (TPSA) is 164 Å². The Morgan fingerprint density at radius 1 is 1.06 bits per heavy atom. The third-order valence-electron chi connectivity index (χ3n) is 4.31. The van der Waals surface area contributed by atoms with Crippen molar-refractivity contribution >= 4 is 56.9 Å². The lowest BCUT2D eigenvalue weighted by Crippen LogP contribution is -2.31. The second-order valence-corrected chi connectivity index (χ2v) is 9.44. The maximum absolute atomic E-state index is 12.8. The Kier molecular flexibility index (Phi) is 6.77. The van der Waals surface area contributed by atoms with Gasteiger partial charge in [0.2, 0.25) is 27.7 Å². The van der Waals surface area contributed by atoms with Crippen molar-refractivity contribution in [1.29, 1.82) is 0 Å². The van der Waals surface area contributed by atoms with Gasteiger partial charge in [-0.1, -0.05) is 0 Å². The van der Waals surface area contributed by atoms with Crippen LogP contribution in [0.25, 0.3) is 0 Å². The first-order chi connectivity index (χ1) is 15.0. The van der Waals surface area contributed by atoms with Gasteiger partial charge in [0.15, 0.2) is 0 Å². The van der Waals surface area contributed by atoms with Crippen LogP contribution in [-0.4, -0.2) is 42.5 Å². The van der Waals surface area contributed by atoms with Gasteiger partial charge in [-0.05, 0) is 48.5 Å². The average Bonchev–Trinajstić information content (AvgIpc) is 3.00. The standard InChI is InChI=1S/C20H17N3O7S2/c21-32(29,30)15-7-3-13(4-8-15)23-18(25)11-16(20(23)28)31-14-5-1-12(2-6-14)22-17(24)9-10-19(26)27/h1-10,16H,11H2,(H,22,24)(H,26,27)(H2,21,29,30)/b10-9+. The SMILES string of the molecule is NS(=O)(=O)c1ccc(N2C(=O)CC(Sc3ccc(NC(=O)/C=C/C(=O)O)cc3)C2=O)cc1. The molecule has 1 aliphatic rings. The molecule has 1 fully saturated rings. The fourth-order valence-electron chi connectivity index (χ4n) is 2.86. The molecule has 12 heteroatoms. The maximum atomic E-state index is 12.8. The molecule has 1 unspecified atom stereocenters. The van der Waals surface area contributed by atoms with Crippen molar-refractivity contribution in [2.24, 2.45) is 5.14 Å². The van der Waals surface area contributed by atoms with E-state index in [9.17, 15) is 27.6 Å². The molecule has 1 aliphatic heterocycles. The number of amides is 3. The van der Waals surface area contributed by atoms with Crippen LogP contribution in [0.2, 0.25) is 0 Å². The molecule has 1 atom stereocenters. The van der Waals surface area contributed by atoms with E-state index in [1.54, 1.807) is 24.3 Å². The fraction of sp³-hybridized carbons (Fsp3) is 0.100. The number of nitrogens with two attached hydrogens (primary N) is 1. The van der Waals surface area contributed by atoms with Crippen LogP contribution in [-0.2, 0) is 29.2 Å². The molecule has 2 aromatic rings. The van der Waals surface area contributed by atoms with E-state index < -0.39 is 39.0 Å². The number of aliphatic carboxylic acids is 1. The first kappa shape index (κ1) is 23.2. The number of nitrogens with zero attached hydrogens (tertiary/aromatic N) is 1. The summed E-state index contributed by atoms with van der Waals surface area (Å²) in [6, 6.07) is 11.6. The quantitative estimate of drug-likeness (QED) is 0.399. The number of anilines is 2. The molecule has 1 heterocycles. The van der Waals surface area contributed by atoms with E-state index in [0.29, 0.717) is 10.6 Å².